The predicted octanol–water partition coefficient (Wildman–Crippen LogP) is 23.0. The Kier molecular flexibility index (Phi) is 15.6. The Morgan fingerprint density at radius 3 is 0.658 bits per heavy atom. The monoisotopic (exact) mass is 1010 g/mol. The molecule has 76 heavy (non-hydrogen) atoms. The van der Waals surface area contributed by atoms with E-state index >= 15 is 0 Å². The highest BCUT2D eigenvalue weighted by atomic mass is 14.3. The number of rotatable bonds is 8. The van der Waals surface area contributed by atoms with Crippen LogP contribution in [0.1, 0.15) is 235 Å². The van der Waals surface area contributed by atoms with E-state index in [0.717, 1.165) is 0 Å². The Morgan fingerprint density at radius 2 is 0.434 bits per heavy atom. The topological polar surface area (TPSA) is 0 Å². The van der Waals surface area contributed by atoms with Crippen LogP contribution in [0.5, 0.6) is 0 Å². The molecular weight excluding hydrogens is 913 g/mol. The fourth-order valence-electron chi connectivity index (χ4n) is 10.6. The molecule has 0 heteroatoms. The van der Waals surface area contributed by atoms with Gasteiger partial charge in [-0.15, -0.1) is 0 Å². The number of benzene rings is 7. The van der Waals surface area contributed by atoms with Crippen LogP contribution in [0.25, 0.3) is 66.8 Å². The van der Waals surface area contributed by atoms with E-state index in [9.17, 15) is 0 Å². The molecule has 0 atom stereocenters. The summed E-state index contributed by atoms with van der Waals surface area (Å²) in [6.45, 7) is 58.9. The third kappa shape index (κ3) is 13.1. The van der Waals surface area contributed by atoms with Crippen LogP contribution < -0.4 is 0 Å². The van der Waals surface area contributed by atoms with Gasteiger partial charge in [0, 0.05) is 0 Å². The van der Waals surface area contributed by atoms with E-state index in [1.807, 2.05) is 0 Å². The summed E-state index contributed by atoms with van der Waals surface area (Å²) in [5.74, 6) is 0.797. The van der Waals surface area contributed by atoms with Gasteiger partial charge in [0.25, 0.3) is 0 Å². The van der Waals surface area contributed by atoms with E-state index in [2.05, 4.69) is 300 Å². The lowest BCUT2D eigenvalue weighted by Gasteiger charge is -2.29. The van der Waals surface area contributed by atoms with Gasteiger partial charge in [-0.2, -0.15) is 0 Å². The first-order valence-corrected chi connectivity index (χ1v) is 28.8. The van der Waals surface area contributed by atoms with Crippen molar-refractivity contribution >= 4 is 0 Å². The first-order chi connectivity index (χ1) is 34.7. The molecule has 0 saturated carbocycles. The summed E-state index contributed by atoms with van der Waals surface area (Å²) in [4.78, 5) is 0. The van der Waals surface area contributed by atoms with Crippen LogP contribution in [-0.4, -0.2) is 0 Å². The van der Waals surface area contributed by atoms with E-state index in [1.165, 1.54) is 117 Å². The van der Waals surface area contributed by atoms with Gasteiger partial charge in [-0.1, -0.05) is 264 Å². The summed E-state index contributed by atoms with van der Waals surface area (Å²) in [6, 6.07) is 51.6. The van der Waals surface area contributed by atoms with Crippen molar-refractivity contribution in [1.29, 1.82) is 0 Å². The SMILES string of the molecule is CC(C)c1cc(-c2cc(-c3cc(C(C)(C)C)cc(C(C)(C)C)c3)cc(-c3cccc(-c4cc(-c5cc(C(C)C)cc(C(C)(C)C)c5)cc(-c5cc(C(C)(C)C)cc(C(C)(C)C)c5)c4)c3C(C)(C)C)c2)cc(C(C)(C)C)c1. The molecular formula is C76H98. The second-order valence-corrected chi connectivity index (χ2v) is 30.7. The van der Waals surface area contributed by atoms with Gasteiger partial charge in [-0.05, 0) is 203 Å². The van der Waals surface area contributed by atoms with Gasteiger partial charge in [0.15, 0.2) is 0 Å². The smallest absolute Gasteiger partial charge is 0.0120 e. The minimum absolute atomic E-state index is 0.00331. The first-order valence-electron chi connectivity index (χ1n) is 28.8. The predicted molar refractivity (Wildman–Crippen MR) is 338 cm³/mol. The van der Waals surface area contributed by atoms with Crippen LogP contribution in [0.2, 0.25) is 0 Å². The molecule has 0 fully saturated rings. The average molecular weight is 1010 g/mol. The molecule has 0 bridgehead atoms. The highest BCUT2D eigenvalue weighted by molar-refractivity contribution is 5.89. The Morgan fingerprint density at radius 1 is 0.224 bits per heavy atom. The molecule has 0 aliphatic rings. The molecule has 0 amide bonds. The molecule has 0 nitrogen and oxygen atoms in total. The Hall–Kier alpha value is -5.46. The van der Waals surface area contributed by atoms with Crippen molar-refractivity contribution in [3.8, 4) is 66.8 Å². The van der Waals surface area contributed by atoms with Gasteiger partial charge in [0.05, 0.1) is 0 Å². The molecule has 0 aliphatic carbocycles. The lowest BCUT2D eigenvalue weighted by Crippen LogP contribution is -2.16. The molecule has 0 unspecified atom stereocenters. The molecule has 0 N–H and O–H groups in total. The zero-order valence-electron chi connectivity index (χ0n) is 52.3. The van der Waals surface area contributed by atoms with Crippen molar-refractivity contribution in [1.82, 2.24) is 0 Å². The van der Waals surface area contributed by atoms with E-state index < -0.39 is 0 Å². The van der Waals surface area contributed by atoms with Gasteiger partial charge < -0.3 is 0 Å². The molecule has 7 aromatic rings. The summed E-state index contributed by atoms with van der Waals surface area (Å²) < 4.78 is 0. The molecule has 7 aromatic carbocycles. The number of hydrogen-bond acceptors (Lipinski definition) is 0. The molecule has 0 heterocycles. The highest BCUT2D eigenvalue weighted by Crippen LogP contribution is 2.47. The second kappa shape index (κ2) is 20.4. The number of hydrogen-bond donors (Lipinski definition) is 0. The quantitative estimate of drug-likeness (QED) is 0.142. The van der Waals surface area contributed by atoms with Crippen LogP contribution in [0, 0.1) is 0 Å². The summed E-state index contributed by atoms with van der Waals surface area (Å²) in [6.07, 6.45) is 0. The molecule has 402 valence electrons. The van der Waals surface area contributed by atoms with Crippen molar-refractivity contribution in [2.75, 3.05) is 0 Å². The molecule has 7 rings (SSSR count). The molecule has 0 spiro atoms. The van der Waals surface area contributed by atoms with E-state index in [0.29, 0.717) is 11.8 Å². The fourth-order valence-corrected chi connectivity index (χ4v) is 10.6. The summed E-state index contributed by atoms with van der Waals surface area (Å²) >= 11 is 0. The lowest BCUT2D eigenvalue weighted by atomic mass is 9.75. The van der Waals surface area contributed by atoms with Crippen LogP contribution in [0.3, 0.4) is 0 Å². The van der Waals surface area contributed by atoms with Crippen molar-refractivity contribution in [2.45, 2.75) is 223 Å². The van der Waals surface area contributed by atoms with Gasteiger partial charge in [-0.25, -0.2) is 0 Å². The fraction of sp³-hybridized carbons (Fsp3) is 0.447. The van der Waals surface area contributed by atoms with Crippen molar-refractivity contribution in [2.24, 2.45) is 0 Å². The molecule has 0 aromatic heterocycles. The van der Waals surface area contributed by atoms with Gasteiger partial charge in [-0.3, -0.25) is 0 Å². The standard InChI is InChI=1S/C76H98/c1-47(2)49-29-55(39-61(37-49)70(5,6)7)51-31-53(57-41-63(72(11,12)13)45-64(42-57)73(14,15)16)35-59(33-51)67-27-26-28-68(69(67)76(23,24)25)60-34-52(56-30-50(48(3)4)38-62(40-56)71(8,9)10)32-54(36-60)58-43-65(74(17,18)19)46-66(44-58)75(20,21)22/h26-48H,1-25H3. The molecule has 0 radical (unpaired) electrons. The zero-order valence-corrected chi connectivity index (χ0v) is 52.3. The first kappa shape index (κ1) is 58.2. The third-order valence-corrected chi connectivity index (χ3v) is 15.9. The average Bonchev–Trinajstić information content (AvgIpc) is 3.30. The largest absolute Gasteiger partial charge is 0.0610 e. The third-order valence-electron chi connectivity index (χ3n) is 15.9. The maximum atomic E-state index is 2.50. The lowest BCUT2D eigenvalue weighted by molar-refractivity contribution is 0.568. The van der Waals surface area contributed by atoms with Crippen LogP contribution in [0.15, 0.2) is 127 Å². The second-order valence-electron chi connectivity index (χ2n) is 30.7. The maximum Gasteiger partial charge on any atom is -0.0120 e. The Bertz CT molecular complexity index is 2980. The maximum absolute atomic E-state index is 2.50. The van der Waals surface area contributed by atoms with Crippen molar-refractivity contribution in [3.05, 3.63) is 177 Å². The van der Waals surface area contributed by atoms with Crippen LogP contribution in [0.4, 0.5) is 0 Å². The Balaban J connectivity index is 1.62. The zero-order chi connectivity index (χ0) is 56.6. The van der Waals surface area contributed by atoms with Crippen molar-refractivity contribution in [3.63, 3.8) is 0 Å². The minimum atomic E-state index is -0.219. The molecule has 0 saturated heterocycles. The summed E-state index contributed by atoms with van der Waals surface area (Å²) in [7, 11) is 0. The Labute approximate surface area is 464 Å². The van der Waals surface area contributed by atoms with E-state index in [4.69, 9.17) is 0 Å². The van der Waals surface area contributed by atoms with Crippen LogP contribution in [-0.2, 0) is 37.9 Å². The van der Waals surface area contributed by atoms with Crippen molar-refractivity contribution < 1.29 is 0 Å². The minimum Gasteiger partial charge on any atom is -0.0610 e. The van der Waals surface area contributed by atoms with Crippen LogP contribution >= 0.6 is 0 Å². The van der Waals surface area contributed by atoms with E-state index in [1.54, 1.807) is 0 Å². The van der Waals surface area contributed by atoms with E-state index in [-0.39, 0.29) is 37.9 Å². The highest BCUT2D eigenvalue weighted by Gasteiger charge is 2.28. The normalized spacial score (nSPS) is 13.3. The summed E-state index contributed by atoms with van der Waals surface area (Å²) in [5, 5.41) is 0. The molecule has 0 aliphatic heterocycles. The summed E-state index contributed by atoms with van der Waals surface area (Å²) in [5.41, 5.74) is 27.2. The van der Waals surface area contributed by atoms with Gasteiger partial charge in [0.2, 0.25) is 0 Å². The van der Waals surface area contributed by atoms with Gasteiger partial charge >= 0.3 is 0 Å². The van der Waals surface area contributed by atoms with Gasteiger partial charge in [0.1, 0.15) is 0 Å².